The molecule has 2 nitrogen and oxygen atoms in total. The van der Waals surface area contributed by atoms with Crippen LogP contribution in [0.4, 0.5) is 0 Å². The van der Waals surface area contributed by atoms with Crippen LogP contribution in [-0.4, -0.2) is 4.98 Å². The van der Waals surface area contributed by atoms with Gasteiger partial charge < -0.3 is 10.7 Å². The van der Waals surface area contributed by atoms with E-state index in [1.807, 2.05) is 19.1 Å². The van der Waals surface area contributed by atoms with Gasteiger partial charge in [-0.2, -0.15) is 0 Å². The first-order valence-corrected chi connectivity index (χ1v) is 5.43. The number of rotatable bonds is 1. The number of hydrogen-bond acceptors (Lipinski definition) is 1. The van der Waals surface area contributed by atoms with Crippen molar-refractivity contribution >= 4 is 26.8 Å². The van der Waals surface area contributed by atoms with Crippen LogP contribution in [0.15, 0.2) is 22.7 Å². The van der Waals surface area contributed by atoms with Crippen LogP contribution in [0, 0.1) is 6.92 Å². The van der Waals surface area contributed by atoms with E-state index in [4.69, 9.17) is 5.73 Å². The second-order valence-electron chi connectivity index (χ2n) is 3.61. The van der Waals surface area contributed by atoms with Gasteiger partial charge in [0.05, 0.1) is 5.52 Å². The van der Waals surface area contributed by atoms with E-state index in [-0.39, 0.29) is 6.04 Å². The molecular formula is C11H13BrN2. The zero-order chi connectivity index (χ0) is 10.3. The molecule has 1 unspecified atom stereocenters. The Kier molecular flexibility index (Phi) is 2.37. The molecule has 0 aliphatic heterocycles. The summed E-state index contributed by atoms with van der Waals surface area (Å²) in [4.78, 5) is 3.36. The molecule has 14 heavy (non-hydrogen) atoms. The summed E-state index contributed by atoms with van der Waals surface area (Å²) in [6.45, 7) is 4.09. The quantitative estimate of drug-likeness (QED) is 0.804. The van der Waals surface area contributed by atoms with Gasteiger partial charge in [-0.05, 0) is 41.4 Å². The SMILES string of the molecule is Cc1c(C(C)N)[nH]c2c(Br)cccc12. The Balaban J connectivity index is 2.80. The Labute approximate surface area is 91.6 Å². The minimum absolute atomic E-state index is 0.0503. The molecule has 3 N–H and O–H groups in total. The molecule has 2 aromatic rings. The molecule has 0 saturated carbocycles. The fourth-order valence-electron chi connectivity index (χ4n) is 1.79. The molecule has 1 aromatic heterocycles. The number of H-pyrrole nitrogens is 1. The molecule has 2 rings (SSSR count). The van der Waals surface area contributed by atoms with Crippen molar-refractivity contribution in [2.24, 2.45) is 5.73 Å². The maximum absolute atomic E-state index is 5.88. The van der Waals surface area contributed by atoms with Gasteiger partial charge in [-0.1, -0.05) is 12.1 Å². The molecule has 0 radical (unpaired) electrons. The zero-order valence-electron chi connectivity index (χ0n) is 8.26. The van der Waals surface area contributed by atoms with E-state index >= 15 is 0 Å². The van der Waals surface area contributed by atoms with Gasteiger partial charge in [-0.25, -0.2) is 0 Å². The van der Waals surface area contributed by atoms with Gasteiger partial charge in [0.2, 0.25) is 0 Å². The largest absolute Gasteiger partial charge is 0.356 e. The zero-order valence-corrected chi connectivity index (χ0v) is 9.85. The van der Waals surface area contributed by atoms with E-state index < -0.39 is 0 Å². The molecule has 74 valence electrons. The van der Waals surface area contributed by atoms with Gasteiger partial charge >= 0.3 is 0 Å². The minimum atomic E-state index is 0.0503. The van der Waals surface area contributed by atoms with Crippen molar-refractivity contribution in [3.8, 4) is 0 Å². The number of aromatic amines is 1. The number of para-hydroxylation sites is 1. The highest BCUT2D eigenvalue weighted by Crippen LogP contribution is 2.29. The first-order chi connectivity index (χ1) is 6.61. The summed E-state index contributed by atoms with van der Waals surface area (Å²) in [5, 5.41) is 1.24. The van der Waals surface area contributed by atoms with Crippen molar-refractivity contribution in [1.29, 1.82) is 0 Å². The topological polar surface area (TPSA) is 41.8 Å². The Hall–Kier alpha value is -0.800. The second-order valence-corrected chi connectivity index (χ2v) is 4.47. The second kappa shape index (κ2) is 3.41. The van der Waals surface area contributed by atoms with E-state index in [1.165, 1.54) is 10.9 Å². The van der Waals surface area contributed by atoms with Crippen LogP contribution in [0.5, 0.6) is 0 Å². The molecule has 0 amide bonds. The van der Waals surface area contributed by atoms with Crippen molar-refractivity contribution in [2.45, 2.75) is 19.9 Å². The number of benzene rings is 1. The molecule has 0 aliphatic rings. The summed E-state index contributed by atoms with van der Waals surface area (Å²) in [5.41, 5.74) is 9.38. The lowest BCUT2D eigenvalue weighted by Crippen LogP contribution is -2.06. The predicted octanol–water partition coefficient (Wildman–Crippen LogP) is 3.26. The normalized spacial score (nSPS) is 13.4. The molecule has 0 fully saturated rings. The van der Waals surface area contributed by atoms with Crippen LogP contribution in [0.3, 0.4) is 0 Å². The van der Waals surface area contributed by atoms with Crippen molar-refractivity contribution in [3.63, 3.8) is 0 Å². The van der Waals surface area contributed by atoms with Crippen molar-refractivity contribution in [1.82, 2.24) is 4.98 Å². The molecule has 0 spiro atoms. The molecule has 3 heteroatoms. The maximum Gasteiger partial charge on any atom is 0.0603 e. The standard InChI is InChI=1S/C11H13BrN2/c1-6-8-4-3-5-9(12)11(8)14-10(6)7(2)13/h3-5,7,14H,13H2,1-2H3. The Morgan fingerprint density at radius 1 is 1.43 bits per heavy atom. The number of fused-ring (bicyclic) bond motifs is 1. The highest BCUT2D eigenvalue weighted by Gasteiger charge is 2.11. The molecule has 1 atom stereocenters. The number of aromatic nitrogens is 1. The Bertz CT molecular complexity index is 471. The lowest BCUT2D eigenvalue weighted by molar-refractivity contribution is 0.785. The van der Waals surface area contributed by atoms with Gasteiger partial charge in [0.15, 0.2) is 0 Å². The third kappa shape index (κ3) is 1.37. The van der Waals surface area contributed by atoms with E-state index in [0.29, 0.717) is 0 Å². The van der Waals surface area contributed by atoms with E-state index in [9.17, 15) is 0 Å². The average molecular weight is 253 g/mol. The fourth-order valence-corrected chi connectivity index (χ4v) is 2.26. The first kappa shape index (κ1) is 9.74. The van der Waals surface area contributed by atoms with Gasteiger partial charge in [0.25, 0.3) is 0 Å². The maximum atomic E-state index is 5.88. The summed E-state index contributed by atoms with van der Waals surface area (Å²) < 4.78 is 1.09. The minimum Gasteiger partial charge on any atom is -0.356 e. The summed E-state index contributed by atoms with van der Waals surface area (Å²) in [6.07, 6.45) is 0. The van der Waals surface area contributed by atoms with Crippen LogP contribution >= 0.6 is 15.9 Å². The van der Waals surface area contributed by atoms with Crippen LogP contribution in [0.1, 0.15) is 24.2 Å². The third-order valence-corrected chi connectivity index (χ3v) is 3.20. The summed E-state index contributed by atoms with van der Waals surface area (Å²) in [6, 6.07) is 6.23. The monoisotopic (exact) mass is 252 g/mol. The average Bonchev–Trinajstić information content (AvgIpc) is 2.46. The molecule has 1 heterocycles. The summed E-state index contributed by atoms with van der Waals surface area (Å²) >= 11 is 3.52. The molecular weight excluding hydrogens is 240 g/mol. The predicted molar refractivity (Wildman–Crippen MR) is 63.3 cm³/mol. The van der Waals surface area contributed by atoms with Crippen LogP contribution in [0.25, 0.3) is 10.9 Å². The van der Waals surface area contributed by atoms with Crippen LogP contribution in [0.2, 0.25) is 0 Å². The Morgan fingerprint density at radius 2 is 2.14 bits per heavy atom. The highest BCUT2D eigenvalue weighted by atomic mass is 79.9. The van der Waals surface area contributed by atoms with Gasteiger partial charge in [-0.3, -0.25) is 0 Å². The highest BCUT2D eigenvalue weighted by molar-refractivity contribution is 9.10. The van der Waals surface area contributed by atoms with Crippen molar-refractivity contribution in [3.05, 3.63) is 33.9 Å². The van der Waals surface area contributed by atoms with Crippen LogP contribution < -0.4 is 5.73 Å². The molecule has 0 saturated heterocycles. The van der Waals surface area contributed by atoms with E-state index in [2.05, 4.69) is 33.9 Å². The molecule has 1 aromatic carbocycles. The summed E-state index contributed by atoms with van der Waals surface area (Å²) in [7, 11) is 0. The van der Waals surface area contributed by atoms with Gasteiger partial charge in [-0.15, -0.1) is 0 Å². The molecule has 0 aliphatic carbocycles. The first-order valence-electron chi connectivity index (χ1n) is 4.63. The molecule has 0 bridgehead atoms. The number of nitrogens with two attached hydrogens (primary N) is 1. The number of hydrogen-bond donors (Lipinski definition) is 2. The van der Waals surface area contributed by atoms with Crippen molar-refractivity contribution in [2.75, 3.05) is 0 Å². The van der Waals surface area contributed by atoms with E-state index in [1.54, 1.807) is 0 Å². The lowest BCUT2D eigenvalue weighted by atomic mass is 10.1. The lowest BCUT2D eigenvalue weighted by Gasteiger charge is -2.02. The number of aryl methyl sites for hydroxylation is 1. The fraction of sp³-hybridized carbons (Fsp3) is 0.273. The third-order valence-electron chi connectivity index (χ3n) is 2.54. The van der Waals surface area contributed by atoms with Crippen LogP contribution in [-0.2, 0) is 0 Å². The van der Waals surface area contributed by atoms with Crippen molar-refractivity contribution < 1.29 is 0 Å². The Morgan fingerprint density at radius 3 is 2.71 bits per heavy atom. The van der Waals surface area contributed by atoms with Gasteiger partial charge in [0.1, 0.15) is 0 Å². The number of halogens is 1. The number of nitrogens with one attached hydrogen (secondary N) is 1. The smallest absolute Gasteiger partial charge is 0.0603 e. The van der Waals surface area contributed by atoms with Gasteiger partial charge in [0, 0.05) is 21.6 Å². The van der Waals surface area contributed by atoms with E-state index in [0.717, 1.165) is 15.7 Å². The summed E-state index contributed by atoms with van der Waals surface area (Å²) in [5.74, 6) is 0.